The zero-order chi connectivity index (χ0) is 21.5. The maximum absolute atomic E-state index is 12.4. The fourth-order valence-electron chi connectivity index (χ4n) is 2.90. The molecule has 3 rings (SSSR count). The molecule has 0 spiro atoms. The summed E-state index contributed by atoms with van der Waals surface area (Å²) in [5, 5.41) is 7.19. The highest BCUT2D eigenvalue weighted by molar-refractivity contribution is 6.01. The highest BCUT2D eigenvalue weighted by atomic mass is 16.5. The first-order valence-electron chi connectivity index (χ1n) is 9.48. The molecule has 1 aromatic heterocycles. The Balaban J connectivity index is 1.67. The van der Waals surface area contributed by atoms with Gasteiger partial charge in [0.2, 0.25) is 5.91 Å². The minimum Gasteiger partial charge on any atom is -0.497 e. The van der Waals surface area contributed by atoms with E-state index in [1.165, 1.54) is 6.08 Å². The molecule has 0 saturated heterocycles. The summed E-state index contributed by atoms with van der Waals surface area (Å²) in [6, 6.07) is 15.4. The van der Waals surface area contributed by atoms with Gasteiger partial charge in [-0.15, -0.1) is 0 Å². The van der Waals surface area contributed by atoms with Crippen LogP contribution in [0.2, 0.25) is 0 Å². The number of nitrogens with zero attached hydrogens (tertiary/aromatic N) is 3. The first-order chi connectivity index (χ1) is 14.5. The number of nitrogens with one attached hydrogen (secondary N) is 1. The number of hydrogen-bond acceptors (Lipinski definition) is 5. The van der Waals surface area contributed by atoms with Gasteiger partial charge in [0.1, 0.15) is 17.3 Å². The van der Waals surface area contributed by atoms with E-state index in [2.05, 4.69) is 34.7 Å². The van der Waals surface area contributed by atoms with Crippen molar-refractivity contribution in [2.45, 2.75) is 6.54 Å². The zero-order valence-electron chi connectivity index (χ0n) is 17.6. The van der Waals surface area contributed by atoms with Crippen molar-refractivity contribution in [3.63, 3.8) is 0 Å². The van der Waals surface area contributed by atoms with Crippen LogP contribution < -0.4 is 19.7 Å². The average molecular weight is 406 g/mol. The van der Waals surface area contributed by atoms with Gasteiger partial charge in [0.05, 0.1) is 27.0 Å². The van der Waals surface area contributed by atoms with E-state index in [0.29, 0.717) is 23.9 Å². The fourth-order valence-corrected chi connectivity index (χ4v) is 2.90. The molecule has 0 bridgehead atoms. The molecule has 0 fully saturated rings. The Bertz CT molecular complexity index is 1000. The summed E-state index contributed by atoms with van der Waals surface area (Å²) in [6.07, 6.45) is 4.85. The Morgan fingerprint density at radius 1 is 1.07 bits per heavy atom. The number of methoxy groups -OCH3 is 2. The van der Waals surface area contributed by atoms with Crippen LogP contribution >= 0.6 is 0 Å². The number of carbonyl (C=O) groups excluding carboxylic acids is 1. The molecule has 0 aliphatic carbocycles. The maximum atomic E-state index is 12.4. The Labute approximate surface area is 176 Å². The van der Waals surface area contributed by atoms with Gasteiger partial charge in [0.25, 0.3) is 0 Å². The van der Waals surface area contributed by atoms with Crippen molar-refractivity contribution in [1.29, 1.82) is 0 Å². The number of aromatic nitrogens is 2. The van der Waals surface area contributed by atoms with Gasteiger partial charge in [-0.25, -0.2) is 4.68 Å². The standard InChI is InChI=1S/C23H26N4O3/c1-26(2)19-8-5-17(6-9-19)16-27-22(11-12-24-27)25-23(28)10-7-18-13-20(29-3)15-21(14-18)30-4/h5-15H,16H2,1-4H3,(H,25,28)/b10-7+. The lowest BCUT2D eigenvalue weighted by atomic mass is 10.2. The number of anilines is 2. The van der Waals surface area contributed by atoms with Crippen LogP contribution in [0.25, 0.3) is 6.08 Å². The highest BCUT2D eigenvalue weighted by Crippen LogP contribution is 2.23. The molecule has 0 radical (unpaired) electrons. The van der Waals surface area contributed by atoms with Crippen LogP contribution in [0.4, 0.5) is 11.5 Å². The molecular formula is C23H26N4O3. The first-order valence-corrected chi connectivity index (χ1v) is 9.48. The molecule has 30 heavy (non-hydrogen) atoms. The minimum absolute atomic E-state index is 0.249. The predicted molar refractivity (Wildman–Crippen MR) is 119 cm³/mol. The second-order valence-corrected chi connectivity index (χ2v) is 6.90. The van der Waals surface area contributed by atoms with Gasteiger partial charge in [-0.3, -0.25) is 4.79 Å². The molecular weight excluding hydrogens is 380 g/mol. The lowest BCUT2D eigenvalue weighted by molar-refractivity contribution is -0.111. The van der Waals surface area contributed by atoms with Crippen molar-refractivity contribution in [1.82, 2.24) is 9.78 Å². The van der Waals surface area contributed by atoms with E-state index in [0.717, 1.165) is 16.8 Å². The molecule has 0 atom stereocenters. The van der Waals surface area contributed by atoms with E-state index in [-0.39, 0.29) is 5.91 Å². The van der Waals surface area contributed by atoms with Crippen LogP contribution in [0.5, 0.6) is 11.5 Å². The minimum atomic E-state index is -0.249. The molecule has 7 nitrogen and oxygen atoms in total. The molecule has 0 unspecified atom stereocenters. The van der Waals surface area contributed by atoms with E-state index in [1.54, 1.807) is 43.3 Å². The lowest BCUT2D eigenvalue weighted by Gasteiger charge is -2.13. The van der Waals surface area contributed by atoms with E-state index in [9.17, 15) is 4.79 Å². The van der Waals surface area contributed by atoms with Crippen LogP contribution in [-0.2, 0) is 11.3 Å². The summed E-state index contributed by atoms with van der Waals surface area (Å²) in [5.41, 5.74) is 3.03. The third kappa shape index (κ3) is 5.41. The third-order valence-corrected chi connectivity index (χ3v) is 4.55. The van der Waals surface area contributed by atoms with Gasteiger partial charge in [0.15, 0.2) is 0 Å². The Hall–Kier alpha value is -3.74. The molecule has 156 valence electrons. The summed E-state index contributed by atoms with van der Waals surface area (Å²) >= 11 is 0. The van der Waals surface area contributed by atoms with Gasteiger partial charge >= 0.3 is 0 Å². The van der Waals surface area contributed by atoms with Crippen molar-refractivity contribution in [3.8, 4) is 11.5 Å². The van der Waals surface area contributed by atoms with Crippen molar-refractivity contribution in [2.24, 2.45) is 0 Å². The van der Waals surface area contributed by atoms with Crippen molar-refractivity contribution in [3.05, 3.63) is 71.9 Å². The summed E-state index contributed by atoms with van der Waals surface area (Å²) in [6.45, 7) is 0.563. The predicted octanol–water partition coefficient (Wildman–Crippen LogP) is 3.67. The molecule has 2 aromatic carbocycles. The van der Waals surface area contributed by atoms with Gasteiger partial charge in [-0.1, -0.05) is 12.1 Å². The number of rotatable bonds is 8. The van der Waals surface area contributed by atoms with Gasteiger partial charge < -0.3 is 19.7 Å². The Morgan fingerprint density at radius 3 is 2.33 bits per heavy atom. The summed E-state index contributed by atoms with van der Waals surface area (Å²) in [7, 11) is 7.19. The van der Waals surface area contributed by atoms with Crippen LogP contribution in [0.1, 0.15) is 11.1 Å². The van der Waals surface area contributed by atoms with Gasteiger partial charge in [-0.05, 0) is 41.5 Å². The van der Waals surface area contributed by atoms with Gasteiger partial charge in [-0.2, -0.15) is 5.10 Å². The highest BCUT2D eigenvalue weighted by Gasteiger charge is 2.07. The molecule has 1 amide bonds. The largest absolute Gasteiger partial charge is 0.497 e. The molecule has 0 aliphatic rings. The van der Waals surface area contributed by atoms with Crippen molar-refractivity contribution in [2.75, 3.05) is 38.5 Å². The van der Waals surface area contributed by atoms with Crippen LogP contribution in [0, 0.1) is 0 Å². The molecule has 1 heterocycles. The molecule has 0 aliphatic heterocycles. The van der Waals surface area contributed by atoms with Crippen molar-refractivity contribution >= 4 is 23.5 Å². The number of carbonyl (C=O) groups is 1. The zero-order valence-corrected chi connectivity index (χ0v) is 17.6. The smallest absolute Gasteiger partial charge is 0.249 e. The first kappa shape index (κ1) is 21.0. The average Bonchev–Trinajstić information content (AvgIpc) is 3.18. The van der Waals surface area contributed by atoms with Crippen molar-refractivity contribution < 1.29 is 14.3 Å². The summed E-state index contributed by atoms with van der Waals surface area (Å²) < 4.78 is 12.3. The van der Waals surface area contributed by atoms with Crippen LogP contribution in [0.3, 0.4) is 0 Å². The normalized spacial score (nSPS) is 10.8. The molecule has 3 aromatic rings. The Morgan fingerprint density at radius 2 is 1.73 bits per heavy atom. The van der Waals surface area contributed by atoms with E-state index in [4.69, 9.17) is 9.47 Å². The SMILES string of the molecule is COc1cc(/C=C/C(=O)Nc2ccnn2Cc2ccc(N(C)C)cc2)cc(OC)c1. The van der Waals surface area contributed by atoms with Crippen LogP contribution in [0.15, 0.2) is 60.8 Å². The Kier molecular flexibility index (Phi) is 6.75. The van der Waals surface area contributed by atoms with E-state index in [1.807, 2.05) is 31.1 Å². The number of ether oxygens (including phenoxy) is 2. The molecule has 7 heteroatoms. The summed E-state index contributed by atoms with van der Waals surface area (Å²) in [5.74, 6) is 1.70. The van der Waals surface area contributed by atoms with Gasteiger partial charge in [0, 0.05) is 38.0 Å². The third-order valence-electron chi connectivity index (χ3n) is 4.55. The number of amides is 1. The molecule has 0 saturated carbocycles. The van der Waals surface area contributed by atoms with E-state index >= 15 is 0 Å². The maximum Gasteiger partial charge on any atom is 0.249 e. The monoisotopic (exact) mass is 406 g/mol. The summed E-state index contributed by atoms with van der Waals surface area (Å²) in [4.78, 5) is 14.5. The lowest BCUT2D eigenvalue weighted by Crippen LogP contribution is -2.14. The fraction of sp³-hybridized carbons (Fsp3) is 0.217. The van der Waals surface area contributed by atoms with Crippen LogP contribution in [-0.4, -0.2) is 44.0 Å². The second-order valence-electron chi connectivity index (χ2n) is 6.90. The number of benzene rings is 2. The topological polar surface area (TPSA) is 68.6 Å². The number of hydrogen-bond donors (Lipinski definition) is 1. The van der Waals surface area contributed by atoms with E-state index < -0.39 is 0 Å². The molecule has 1 N–H and O–H groups in total. The second kappa shape index (κ2) is 9.65. The quantitative estimate of drug-likeness (QED) is 0.578.